The summed E-state index contributed by atoms with van der Waals surface area (Å²) in [5.74, 6) is 0.946. The Hall–Kier alpha value is -3.03. The van der Waals surface area contributed by atoms with Crippen LogP contribution in [0, 0.1) is 0 Å². The van der Waals surface area contributed by atoms with Crippen molar-refractivity contribution in [2.24, 2.45) is 0 Å². The van der Waals surface area contributed by atoms with Crippen LogP contribution in [0.2, 0.25) is 5.02 Å². The van der Waals surface area contributed by atoms with Gasteiger partial charge in [-0.3, -0.25) is 9.36 Å². The molecule has 0 fully saturated rings. The van der Waals surface area contributed by atoms with E-state index in [0.717, 1.165) is 22.2 Å². The number of ether oxygens (including phenoxy) is 1. The van der Waals surface area contributed by atoms with E-state index in [9.17, 15) is 4.79 Å². The van der Waals surface area contributed by atoms with Gasteiger partial charge >= 0.3 is 0 Å². The van der Waals surface area contributed by atoms with Crippen LogP contribution in [0.3, 0.4) is 0 Å². The van der Waals surface area contributed by atoms with Crippen LogP contribution in [0.15, 0.2) is 78.2 Å². The van der Waals surface area contributed by atoms with E-state index in [1.807, 2.05) is 60.7 Å². The summed E-state index contributed by atoms with van der Waals surface area (Å²) in [4.78, 5) is 12.2. The zero-order chi connectivity index (χ0) is 20.8. The van der Waals surface area contributed by atoms with Crippen molar-refractivity contribution in [3.63, 3.8) is 0 Å². The summed E-state index contributed by atoms with van der Waals surface area (Å²) < 4.78 is 7.65. The number of aromatic nitrogens is 3. The molecule has 1 amide bonds. The number of rotatable bonds is 8. The largest absolute Gasteiger partial charge is 0.491 e. The maximum Gasteiger partial charge on any atom is 0.230 e. The zero-order valence-electron chi connectivity index (χ0n) is 16.0. The first-order chi connectivity index (χ1) is 14.7. The van der Waals surface area contributed by atoms with Gasteiger partial charge < -0.3 is 10.1 Å². The average Bonchev–Trinajstić information content (AvgIpc) is 3.24. The van der Waals surface area contributed by atoms with E-state index in [1.54, 1.807) is 17.0 Å². The predicted molar refractivity (Wildman–Crippen MR) is 120 cm³/mol. The minimum atomic E-state index is -0.0952. The van der Waals surface area contributed by atoms with Crippen LogP contribution < -0.4 is 10.1 Å². The maximum atomic E-state index is 12.2. The van der Waals surface area contributed by atoms with Crippen molar-refractivity contribution < 1.29 is 9.53 Å². The summed E-state index contributed by atoms with van der Waals surface area (Å²) in [6.45, 7) is 0.812. The van der Waals surface area contributed by atoms with Gasteiger partial charge in [-0.15, -0.1) is 10.2 Å². The zero-order valence-corrected chi connectivity index (χ0v) is 17.6. The molecule has 4 aromatic rings. The number of halogens is 1. The lowest BCUT2D eigenvalue weighted by Crippen LogP contribution is -2.29. The van der Waals surface area contributed by atoms with Crippen molar-refractivity contribution >= 4 is 40.0 Å². The molecule has 0 aliphatic rings. The first-order valence-corrected chi connectivity index (χ1v) is 10.7. The summed E-state index contributed by atoms with van der Waals surface area (Å²) in [6, 6.07) is 21.4. The molecule has 0 radical (unpaired) electrons. The Bertz CT molecular complexity index is 1160. The molecule has 1 aromatic heterocycles. The number of fused-ring (bicyclic) bond motifs is 1. The second-order valence-corrected chi connectivity index (χ2v) is 7.81. The second-order valence-electron chi connectivity index (χ2n) is 6.43. The number of benzene rings is 3. The topological polar surface area (TPSA) is 69.0 Å². The lowest BCUT2D eigenvalue weighted by molar-refractivity contribution is -0.118. The molecule has 0 atom stereocenters. The summed E-state index contributed by atoms with van der Waals surface area (Å²) >= 11 is 7.36. The molecule has 1 N–H and O–H groups in total. The van der Waals surface area contributed by atoms with Crippen molar-refractivity contribution in [3.05, 3.63) is 78.1 Å². The quantitative estimate of drug-likeness (QED) is 0.327. The highest BCUT2D eigenvalue weighted by Crippen LogP contribution is 2.25. The Labute approximate surface area is 183 Å². The summed E-state index contributed by atoms with van der Waals surface area (Å²) in [5, 5.41) is 14.3. The number of carbonyl (C=O) groups is 1. The van der Waals surface area contributed by atoms with Crippen molar-refractivity contribution in [1.82, 2.24) is 20.1 Å². The Kier molecular flexibility index (Phi) is 6.51. The molecular formula is C22H19ClN4O2S. The number of thioether (sulfide) groups is 1. The summed E-state index contributed by atoms with van der Waals surface area (Å²) in [7, 11) is 0. The van der Waals surface area contributed by atoms with Crippen molar-refractivity contribution in [2.45, 2.75) is 5.16 Å². The lowest BCUT2D eigenvalue weighted by Gasteiger charge is -2.10. The Morgan fingerprint density at radius 2 is 1.93 bits per heavy atom. The van der Waals surface area contributed by atoms with Gasteiger partial charge in [0.1, 0.15) is 18.7 Å². The Morgan fingerprint density at radius 1 is 1.10 bits per heavy atom. The third-order valence-electron chi connectivity index (χ3n) is 4.37. The molecule has 152 valence electrons. The molecule has 0 aliphatic carbocycles. The fraction of sp³-hybridized carbons (Fsp3) is 0.136. The van der Waals surface area contributed by atoms with Crippen LogP contribution >= 0.6 is 23.4 Å². The number of nitrogens with one attached hydrogen (secondary N) is 1. The molecular weight excluding hydrogens is 420 g/mol. The Balaban J connectivity index is 1.26. The number of nitrogens with zero attached hydrogens (tertiary/aromatic N) is 3. The van der Waals surface area contributed by atoms with Crippen LogP contribution in [0.5, 0.6) is 5.75 Å². The smallest absolute Gasteiger partial charge is 0.230 e. The lowest BCUT2D eigenvalue weighted by atomic mass is 10.1. The molecule has 4 rings (SSSR count). The van der Waals surface area contributed by atoms with Gasteiger partial charge in [0.05, 0.1) is 18.0 Å². The minimum Gasteiger partial charge on any atom is -0.491 e. The van der Waals surface area contributed by atoms with E-state index in [0.29, 0.717) is 23.3 Å². The van der Waals surface area contributed by atoms with Crippen LogP contribution in [-0.2, 0) is 4.79 Å². The molecule has 8 heteroatoms. The van der Waals surface area contributed by atoms with Gasteiger partial charge in [-0.2, -0.15) is 0 Å². The van der Waals surface area contributed by atoms with Gasteiger partial charge in [0.25, 0.3) is 0 Å². The highest BCUT2D eigenvalue weighted by molar-refractivity contribution is 7.99. The van der Waals surface area contributed by atoms with E-state index in [2.05, 4.69) is 15.5 Å². The number of amides is 1. The highest BCUT2D eigenvalue weighted by atomic mass is 35.5. The van der Waals surface area contributed by atoms with Gasteiger partial charge in [-0.1, -0.05) is 65.8 Å². The van der Waals surface area contributed by atoms with Gasteiger partial charge in [0.2, 0.25) is 5.91 Å². The molecule has 0 spiro atoms. The van der Waals surface area contributed by atoms with E-state index in [1.165, 1.54) is 11.8 Å². The average molecular weight is 439 g/mol. The number of carbonyl (C=O) groups excluding carboxylic acids is 1. The van der Waals surface area contributed by atoms with E-state index in [-0.39, 0.29) is 11.7 Å². The summed E-state index contributed by atoms with van der Waals surface area (Å²) in [6.07, 6.45) is 1.60. The molecule has 0 unspecified atom stereocenters. The van der Waals surface area contributed by atoms with Crippen LogP contribution in [0.4, 0.5) is 0 Å². The molecule has 6 nitrogen and oxygen atoms in total. The van der Waals surface area contributed by atoms with Crippen LogP contribution in [-0.4, -0.2) is 39.6 Å². The van der Waals surface area contributed by atoms with Crippen LogP contribution in [0.1, 0.15) is 0 Å². The van der Waals surface area contributed by atoms with E-state index >= 15 is 0 Å². The van der Waals surface area contributed by atoms with Gasteiger partial charge in [0, 0.05) is 10.4 Å². The minimum absolute atomic E-state index is 0.0952. The summed E-state index contributed by atoms with van der Waals surface area (Å²) in [5.41, 5.74) is 0.846. The number of hydrogen-bond acceptors (Lipinski definition) is 5. The normalized spacial score (nSPS) is 10.8. The second kappa shape index (κ2) is 9.65. The van der Waals surface area contributed by atoms with Crippen molar-refractivity contribution in [2.75, 3.05) is 18.9 Å². The fourth-order valence-electron chi connectivity index (χ4n) is 2.98. The maximum absolute atomic E-state index is 12.2. The first kappa shape index (κ1) is 20.3. The molecule has 1 heterocycles. The third kappa shape index (κ3) is 4.93. The molecule has 3 aromatic carbocycles. The SMILES string of the molecule is O=C(CSc1nncn1-c1cccc(Cl)c1)NCCOc1cccc2ccccc12. The van der Waals surface area contributed by atoms with Crippen LogP contribution in [0.25, 0.3) is 16.5 Å². The van der Waals surface area contributed by atoms with Crippen molar-refractivity contribution in [1.29, 1.82) is 0 Å². The van der Waals surface area contributed by atoms with Crippen molar-refractivity contribution in [3.8, 4) is 11.4 Å². The fourth-order valence-corrected chi connectivity index (χ4v) is 3.92. The standard InChI is InChI=1S/C22H19ClN4O2S/c23-17-7-4-8-18(13-17)27-15-25-26-22(27)30-14-21(28)24-11-12-29-20-10-3-6-16-5-1-2-9-19(16)20/h1-10,13,15H,11-12,14H2,(H,24,28). The van der Waals surface area contributed by atoms with Gasteiger partial charge in [0.15, 0.2) is 5.16 Å². The third-order valence-corrected chi connectivity index (χ3v) is 5.54. The molecule has 0 saturated heterocycles. The number of hydrogen-bond donors (Lipinski definition) is 1. The molecule has 30 heavy (non-hydrogen) atoms. The highest BCUT2D eigenvalue weighted by Gasteiger charge is 2.10. The molecule has 0 bridgehead atoms. The van der Waals surface area contributed by atoms with Gasteiger partial charge in [-0.05, 0) is 29.7 Å². The molecule has 0 aliphatic heterocycles. The predicted octanol–water partition coefficient (Wildman–Crippen LogP) is 4.36. The first-order valence-electron chi connectivity index (χ1n) is 9.37. The van der Waals surface area contributed by atoms with Gasteiger partial charge in [-0.25, -0.2) is 0 Å². The Morgan fingerprint density at radius 3 is 2.83 bits per heavy atom. The molecule has 0 saturated carbocycles. The van der Waals surface area contributed by atoms with E-state index in [4.69, 9.17) is 16.3 Å². The van der Waals surface area contributed by atoms with E-state index < -0.39 is 0 Å². The monoisotopic (exact) mass is 438 g/mol.